The number of para-hydroxylation sites is 1. The van der Waals surface area contributed by atoms with Crippen molar-refractivity contribution in [3.8, 4) is 23.0 Å². The number of piperidine rings is 1. The number of hydrogen-bond donors (Lipinski definition) is 2. The maximum absolute atomic E-state index is 13.4. The number of carbonyl (C=O) groups excluding carboxylic acids is 3. The zero-order valence-corrected chi connectivity index (χ0v) is 23.5. The second-order valence-electron chi connectivity index (χ2n) is 10.2. The zero-order valence-electron chi connectivity index (χ0n) is 23.5. The monoisotopic (exact) mass is 573 g/mol. The third kappa shape index (κ3) is 7.51. The Morgan fingerprint density at radius 2 is 1.86 bits per heavy atom. The lowest BCUT2D eigenvalue weighted by atomic mass is 10.00. The number of rotatable bonds is 6. The quantitative estimate of drug-likeness (QED) is 0.435. The summed E-state index contributed by atoms with van der Waals surface area (Å²) in [4.78, 5) is 40.7. The predicted octanol–water partition coefficient (Wildman–Crippen LogP) is 3.34. The van der Waals surface area contributed by atoms with E-state index in [9.17, 15) is 14.4 Å². The van der Waals surface area contributed by atoms with Gasteiger partial charge in [0.05, 0.1) is 19.8 Å². The smallest absolute Gasteiger partial charge is 0.258 e. The Hall–Kier alpha value is -4.73. The van der Waals surface area contributed by atoms with E-state index in [0.717, 1.165) is 11.3 Å². The predicted molar refractivity (Wildman–Crippen MR) is 155 cm³/mol. The minimum atomic E-state index is -0.458. The van der Waals surface area contributed by atoms with E-state index in [1.807, 2.05) is 54.6 Å². The summed E-state index contributed by atoms with van der Waals surface area (Å²) in [7, 11) is 1.49. The molecule has 2 atom stereocenters. The topological polar surface area (TPSA) is 115 Å². The minimum Gasteiger partial charge on any atom is -0.494 e. The molecular weight excluding hydrogens is 538 g/mol. The van der Waals surface area contributed by atoms with Crippen LogP contribution in [0.4, 0.5) is 0 Å². The van der Waals surface area contributed by atoms with Crippen LogP contribution in [0.3, 0.4) is 0 Å². The van der Waals surface area contributed by atoms with E-state index < -0.39 is 6.04 Å². The van der Waals surface area contributed by atoms with E-state index in [2.05, 4.69) is 10.6 Å². The number of benzene rings is 3. The van der Waals surface area contributed by atoms with Crippen molar-refractivity contribution in [1.29, 1.82) is 0 Å². The number of likely N-dealkylation sites (tertiary alicyclic amines) is 1. The second kappa shape index (κ2) is 13.8. The molecule has 3 aliphatic rings. The van der Waals surface area contributed by atoms with Crippen molar-refractivity contribution in [1.82, 2.24) is 15.5 Å². The van der Waals surface area contributed by atoms with Crippen LogP contribution in [0.2, 0.25) is 0 Å². The standard InChI is InChI=1S/C32H35N3O7/c1-39-28-14-11-23-18-29(28)41-21-30(36)33-19-22-9-12-25(13-10-22)42-27-15-16-35(20-26(27)34-32(23)38)31(37)8-5-17-40-24-6-3-2-4-7-24/h2-4,6-7,9-14,18,26-27H,5,8,15-17,19-21H2,1H3,(H,33,36)(H,34,38)/t26-,27+/m0/s1. The summed E-state index contributed by atoms with van der Waals surface area (Å²) in [5.41, 5.74) is 1.24. The molecule has 0 aromatic heterocycles. The Morgan fingerprint density at radius 1 is 1.05 bits per heavy atom. The summed E-state index contributed by atoms with van der Waals surface area (Å²) in [6.45, 7) is 1.36. The van der Waals surface area contributed by atoms with Crippen molar-refractivity contribution in [2.75, 3.05) is 33.4 Å². The van der Waals surface area contributed by atoms with Gasteiger partial charge in [0.15, 0.2) is 18.1 Å². The first kappa shape index (κ1) is 28.8. The molecule has 1 saturated heterocycles. The highest BCUT2D eigenvalue weighted by Gasteiger charge is 2.34. The van der Waals surface area contributed by atoms with Crippen LogP contribution in [0, 0.1) is 0 Å². The zero-order chi connectivity index (χ0) is 29.3. The Bertz CT molecular complexity index is 1380. The summed E-state index contributed by atoms with van der Waals surface area (Å²) in [5, 5.41) is 5.90. The minimum absolute atomic E-state index is 0.00408. The lowest BCUT2D eigenvalue weighted by molar-refractivity contribution is -0.134. The Morgan fingerprint density at radius 3 is 2.64 bits per heavy atom. The van der Waals surface area contributed by atoms with Gasteiger partial charge in [-0.2, -0.15) is 0 Å². The van der Waals surface area contributed by atoms with Crippen LogP contribution < -0.4 is 29.6 Å². The summed E-state index contributed by atoms with van der Waals surface area (Å²) >= 11 is 0. The van der Waals surface area contributed by atoms with Gasteiger partial charge in [-0.3, -0.25) is 14.4 Å². The molecule has 6 rings (SSSR count). The Balaban J connectivity index is 1.30. The van der Waals surface area contributed by atoms with Crippen LogP contribution >= 0.6 is 0 Å². The number of amides is 3. The number of nitrogens with one attached hydrogen (secondary N) is 2. The van der Waals surface area contributed by atoms with Gasteiger partial charge >= 0.3 is 0 Å². The highest BCUT2D eigenvalue weighted by atomic mass is 16.5. The number of carbonyl (C=O) groups is 3. The normalized spacial score (nSPS) is 18.8. The number of methoxy groups -OCH3 is 1. The van der Waals surface area contributed by atoms with Gasteiger partial charge in [-0.25, -0.2) is 0 Å². The molecule has 0 spiro atoms. The van der Waals surface area contributed by atoms with Gasteiger partial charge in [0.1, 0.15) is 17.6 Å². The van der Waals surface area contributed by atoms with Crippen LogP contribution in [0.25, 0.3) is 0 Å². The Labute approximate surface area is 244 Å². The molecule has 0 unspecified atom stereocenters. The fraction of sp³-hybridized carbons (Fsp3) is 0.344. The first-order valence-electron chi connectivity index (χ1n) is 14.1. The van der Waals surface area contributed by atoms with Crippen molar-refractivity contribution in [2.45, 2.75) is 38.0 Å². The van der Waals surface area contributed by atoms with E-state index in [1.165, 1.54) is 7.11 Å². The molecule has 1 fully saturated rings. The molecule has 4 bridgehead atoms. The van der Waals surface area contributed by atoms with Crippen molar-refractivity contribution in [3.05, 3.63) is 83.9 Å². The average molecular weight is 574 g/mol. The Kier molecular flexibility index (Phi) is 9.43. The van der Waals surface area contributed by atoms with Crippen LogP contribution in [0.5, 0.6) is 23.0 Å². The molecule has 3 aliphatic heterocycles. The summed E-state index contributed by atoms with van der Waals surface area (Å²) in [6, 6.07) is 21.3. The molecule has 42 heavy (non-hydrogen) atoms. The first-order chi connectivity index (χ1) is 20.5. The molecule has 10 nitrogen and oxygen atoms in total. The molecule has 0 saturated carbocycles. The SMILES string of the molecule is COc1ccc2cc1OCC(=O)NCc1ccc(cc1)O[C@@H]1CCN(C(=O)CCCOc3ccccc3)C[C@@H]1NC2=O. The molecule has 3 amide bonds. The molecule has 10 heteroatoms. The molecule has 220 valence electrons. The van der Waals surface area contributed by atoms with E-state index in [0.29, 0.717) is 62.6 Å². The number of hydrogen-bond acceptors (Lipinski definition) is 7. The van der Waals surface area contributed by atoms with E-state index >= 15 is 0 Å². The van der Waals surface area contributed by atoms with Crippen LogP contribution in [0.15, 0.2) is 72.8 Å². The fourth-order valence-corrected chi connectivity index (χ4v) is 4.96. The number of ether oxygens (including phenoxy) is 4. The third-order valence-electron chi connectivity index (χ3n) is 7.25. The highest BCUT2D eigenvalue weighted by Crippen LogP contribution is 2.29. The van der Waals surface area contributed by atoms with Gasteiger partial charge < -0.3 is 34.5 Å². The van der Waals surface area contributed by atoms with Gasteiger partial charge in [-0.15, -0.1) is 0 Å². The second-order valence-corrected chi connectivity index (χ2v) is 10.2. The van der Waals surface area contributed by atoms with Crippen molar-refractivity contribution >= 4 is 17.7 Å². The third-order valence-corrected chi connectivity index (χ3v) is 7.25. The number of fused-ring (bicyclic) bond motifs is 7. The maximum atomic E-state index is 13.4. The van der Waals surface area contributed by atoms with Gasteiger partial charge in [0, 0.05) is 38.0 Å². The molecular formula is C32H35N3O7. The molecule has 0 aliphatic carbocycles. The van der Waals surface area contributed by atoms with Gasteiger partial charge in [-0.1, -0.05) is 30.3 Å². The average Bonchev–Trinajstić information content (AvgIpc) is 3.02. The summed E-state index contributed by atoms with van der Waals surface area (Å²) < 4.78 is 23.1. The molecule has 0 radical (unpaired) electrons. The van der Waals surface area contributed by atoms with Crippen LogP contribution in [0.1, 0.15) is 35.2 Å². The van der Waals surface area contributed by atoms with Crippen LogP contribution in [-0.4, -0.2) is 68.2 Å². The van der Waals surface area contributed by atoms with E-state index in [4.69, 9.17) is 18.9 Å². The summed E-state index contributed by atoms with van der Waals surface area (Å²) in [5.74, 6) is 1.44. The van der Waals surface area contributed by atoms with Crippen LogP contribution in [-0.2, 0) is 16.1 Å². The number of nitrogens with zero attached hydrogens (tertiary/aromatic N) is 1. The maximum Gasteiger partial charge on any atom is 0.258 e. The largest absolute Gasteiger partial charge is 0.494 e. The lowest BCUT2D eigenvalue weighted by Crippen LogP contribution is -2.58. The summed E-state index contributed by atoms with van der Waals surface area (Å²) in [6.07, 6.45) is 1.12. The van der Waals surface area contributed by atoms with Crippen molar-refractivity contribution in [3.63, 3.8) is 0 Å². The van der Waals surface area contributed by atoms with Crippen molar-refractivity contribution in [2.24, 2.45) is 0 Å². The van der Waals surface area contributed by atoms with Gasteiger partial charge in [0.25, 0.3) is 11.8 Å². The lowest BCUT2D eigenvalue weighted by Gasteiger charge is -2.39. The molecule has 3 aromatic carbocycles. The molecule has 3 aromatic rings. The highest BCUT2D eigenvalue weighted by molar-refractivity contribution is 5.95. The molecule has 2 N–H and O–H groups in total. The first-order valence-corrected chi connectivity index (χ1v) is 14.1. The van der Waals surface area contributed by atoms with E-state index in [1.54, 1.807) is 23.1 Å². The van der Waals surface area contributed by atoms with E-state index in [-0.39, 0.29) is 36.2 Å². The van der Waals surface area contributed by atoms with Crippen molar-refractivity contribution < 1.29 is 33.3 Å². The fourth-order valence-electron chi connectivity index (χ4n) is 4.96. The van der Waals surface area contributed by atoms with Gasteiger partial charge in [0.2, 0.25) is 5.91 Å². The molecule has 3 heterocycles. The van der Waals surface area contributed by atoms with Gasteiger partial charge in [-0.05, 0) is 54.4 Å².